The second kappa shape index (κ2) is 12.3. The molecule has 0 aliphatic carbocycles. The van der Waals surface area contributed by atoms with Crippen LogP contribution in [-0.2, 0) is 40.0 Å². The van der Waals surface area contributed by atoms with Gasteiger partial charge >= 0.3 is 18.1 Å². The number of hydrogen-bond acceptors (Lipinski definition) is 8. The Bertz CT molecular complexity index is 1050. The van der Waals surface area contributed by atoms with Crippen molar-refractivity contribution in [3.05, 3.63) is 35.9 Å². The van der Waals surface area contributed by atoms with E-state index in [2.05, 4.69) is 5.32 Å². The lowest BCUT2D eigenvalue weighted by Crippen LogP contribution is -2.56. The summed E-state index contributed by atoms with van der Waals surface area (Å²) in [5, 5.41) is 10.3. The fraction of sp³-hybridized carbons (Fsp3) is 0.542. The minimum atomic E-state index is -5.08. The van der Waals surface area contributed by atoms with Crippen molar-refractivity contribution in [2.75, 3.05) is 33.9 Å². The van der Waals surface area contributed by atoms with Crippen molar-refractivity contribution < 1.29 is 51.7 Å². The maximum atomic E-state index is 13.4. The monoisotopic (exact) mass is 545 g/mol. The number of rotatable bonds is 8. The summed E-state index contributed by atoms with van der Waals surface area (Å²) >= 11 is 0. The third-order valence-electron chi connectivity index (χ3n) is 6.44. The smallest absolute Gasteiger partial charge is 0.475 e. The van der Waals surface area contributed by atoms with E-state index >= 15 is 0 Å². The summed E-state index contributed by atoms with van der Waals surface area (Å²) in [6.45, 7) is 4.03. The topological polar surface area (TPSA) is 143 Å². The van der Waals surface area contributed by atoms with Gasteiger partial charge < -0.3 is 19.5 Å². The van der Waals surface area contributed by atoms with Gasteiger partial charge in [-0.05, 0) is 19.4 Å². The van der Waals surface area contributed by atoms with Crippen LogP contribution >= 0.6 is 0 Å². The van der Waals surface area contributed by atoms with Crippen LogP contribution in [0.3, 0.4) is 0 Å². The predicted molar refractivity (Wildman–Crippen MR) is 124 cm³/mol. The molecule has 1 aromatic rings. The van der Waals surface area contributed by atoms with Crippen LogP contribution in [0.2, 0.25) is 0 Å². The summed E-state index contributed by atoms with van der Waals surface area (Å²) in [6, 6.07) is 8.64. The predicted octanol–water partition coefficient (Wildman–Crippen LogP) is 0.820. The van der Waals surface area contributed by atoms with Crippen LogP contribution < -0.4 is 5.32 Å². The van der Waals surface area contributed by atoms with Crippen LogP contribution in [0.15, 0.2) is 30.3 Å². The summed E-state index contributed by atoms with van der Waals surface area (Å²) in [7, 11) is 2.69. The highest BCUT2D eigenvalue weighted by atomic mass is 19.4. The van der Waals surface area contributed by atoms with Crippen molar-refractivity contribution in [2.24, 2.45) is 11.8 Å². The summed E-state index contributed by atoms with van der Waals surface area (Å²) in [6.07, 6.45) is -5.08. The van der Waals surface area contributed by atoms with Crippen LogP contribution in [0, 0.1) is 11.8 Å². The number of nitrogens with zero attached hydrogens (tertiary/aromatic N) is 2. The number of carbonyl (C=O) groups is 5. The molecule has 38 heavy (non-hydrogen) atoms. The molecule has 2 aliphatic heterocycles. The number of methoxy groups -OCH3 is 2. The zero-order chi connectivity index (χ0) is 28.8. The van der Waals surface area contributed by atoms with Gasteiger partial charge in [0.15, 0.2) is 0 Å². The number of ether oxygens (including phenoxy) is 2. The number of imide groups is 1. The van der Waals surface area contributed by atoms with Gasteiger partial charge in [0.05, 0.1) is 25.5 Å². The second-order valence-corrected chi connectivity index (χ2v) is 8.86. The zero-order valence-corrected chi connectivity index (χ0v) is 21.3. The molecule has 14 heteroatoms. The van der Waals surface area contributed by atoms with Crippen molar-refractivity contribution in [1.29, 1.82) is 0 Å². The van der Waals surface area contributed by atoms with E-state index in [1.165, 1.54) is 19.1 Å². The number of amides is 3. The molecule has 2 heterocycles. The first-order chi connectivity index (χ1) is 17.7. The van der Waals surface area contributed by atoms with Crippen LogP contribution in [0.5, 0.6) is 0 Å². The highest BCUT2D eigenvalue weighted by Gasteiger charge is 2.66. The standard InChI is InChI=1S/C22H29N3O6.C2HF3O2/c1-5-24(16(26)13-30-3)12-15-17-18(22(2,23-15)21(29)31-4)20(28)25(19(17)27)11-14-9-7-6-8-10-14;3-2(4,5)1(6)7/h6-10,15,17-18,23H,5,11-13H2,1-4H3;(H,6,7)/t15-,17+,18-,22-;/m1./s1. The molecule has 4 atom stereocenters. The maximum absolute atomic E-state index is 13.4. The number of likely N-dealkylation sites (tertiary alicyclic amines) is 1. The molecule has 2 N–H and O–H groups in total. The fourth-order valence-electron chi connectivity index (χ4n) is 4.67. The molecule has 2 aliphatic rings. The van der Waals surface area contributed by atoms with Gasteiger partial charge in [0.25, 0.3) is 0 Å². The minimum Gasteiger partial charge on any atom is -0.475 e. The van der Waals surface area contributed by atoms with Gasteiger partial charge in [0, 0.05) is 26.2 Å². The van der Waals surface area contributed by atoms with Crippen molar-refractivity contribution in [3.8, 4) is 0 Å². The summed E-state index contributed by atoms with van der Waals surface area (Å²) in [5.41, 5.74) is -0.551. The molecule has 11 nitrogen and oxygen atoms in total. The van der Waals surface area contributed by atoms with Crippen molar-refractivity contribution >= 4 is 29.7 Å². The number of likely N-dealkylation sites (N-methyl/N-ethyl adjacent to an activating group) is 1. The molecule has 0 bridgehead atoms. The largest absolute Gasteiger partial charge is 0.490 e. The van der Waals surface area contributed by atoms with Crippen molar-refractivity contribution in [3.63, 3.8) is 0 Å². The number of carboxylic acids is 1. The summed E-state index contributed by atoms with van der Waals surface area (Å²) in [5.74, 6) is -6.03. The number of halogens is 3. The molecule has 0 spiro atoms. The number of carbonyl (C=O) groups excluding carboxylic acids is 4. The second-order valence-electron chi connectivity index (χ2n) is 8.86. The molecule has 0 unspecified atom stereocenters. The van der Waals surface area contributed by atoms with E-state index in [1.807, 2.05) is 37.3 Å². The van der Waals surface area contributed by atoms with E-state index in [9.17, 15) is 32.3 Å². The van der Waals surface area contributed by atoms with Gasteiger partial charge in [-0.2, -0.15) is 13.2 Å². The van der Waals surface area contributed by atoms with Gasteiger partial charge in [-0.1, -0.05) is 30.3 Å². The normalized spacial score (nSPS) is 24.4. The lowest BCUT2D eigenvalue weighted by Gasteiger charge is -2.30. The fourth-order valence-corrected chi connectivity index (χ4v) is 4.67. The van der Waals surface area contributed by atoms with Gasteiger partial charge in [-0.25, -0.2) is 4.79 Å². The van der Waals surface area contributed by atoms with E-state index in [0.717, 1.165) is 5.56 Å². The Morgan fingerprint density at radius 1 is 1.13 bits per heavy atom. The lowest BCUT2D eigenvalue weighted by molar-refractivity contribution is -0.192. The van der Waals surface area contributed by atoms with Crippen LogP contribution in [0.4, 0.5) is 13.2 Å². The molecule has 3 amide bonds. The molecule has 0 radical (unpaired) electrons. The molecule has 2 saturated heterocycles. The number of benzene rings is 1. The number of alkyl halides is 3. The van der Waals surface area contributed by atoms with Crippen LogP contribution in [-0.4, -0.2) is 96.2 Å². The molecule has 1 aromatic carbocycles. The molecule has 0 aromatic heterocycles. The minimum absolute atomic E-state index is 0.0874. The van der Waals surface area contributed by atoms with Gasteiger partial charge in [0.2, 0.25) is 17.7 Å². The van der Waals surface area contributed by atoms with Crippen molar-refractivity contribution in [1.82, 2.24) is 15.1 Å². The highest BCUT2D eigenvalue weighted by molar-refractivity contribution is 6.09. The first-order valence-corrected chi connectivity index (χ1v) is 11.5. The third kappa shape index (κ3) is 6.48. The number of fused-ring (bicyclic) bond motifs is 1. The SMILES string of the molecule is CCN(C[C@H]1N[C@@](C)(C(=O)OC)[C@H]2C(=O)N(Cc3ccccc3)C(=O)[C@@H]12)C(=O)COC.O=C(O)C(F)(F)F. The maximum Gasteiger partial charge on any atom is 0.490 e. The van der Waals surface area contributed by atoms with Gasteiger partial charge in [-0.3, -0.25) is 29.4 Å². The van der Waals surface area contributed by atoms with E-state index in [0.29, 0.717) is 6.54 Å². The van der Waals surface area contributed by atoms with E-state index in [-0.39, 0.29) is 31.5 Å². The average molecular weight is 546 g/mol. The molecular formula is C24H30F3N3O8. The number of esters is 1. The van der Waals surface area contributed by atoms with Gasteiger partial charge in [0.1, 0.15) is 12.1 Å². The first kappa shape index (κ1) is 30.7. The summed E-state index contributed by atoms with van der Waals surface area (Å²) in [4.78, 5) is 63.4. The number of carboxylic acid groups (broad SMARTS) is 1. The molecule has 3 rings (SSSR count). The Morgan fingerprint density at radius 3 is 2.18 bits per heavy atom. The third-order valence-corrected chi connectivity index (χ3v) is 6.44. The Kier molecular flexibility index (Phi) is 9.98. The number of hydrogen-bond donors (Lipinski definition) is 2. The molecular weight excluding hydrogens is 515 g/mol. The Morgan fingerprint density at radius 2 is 1.71 bits per heavy atom. The quantitative estimate of drug-likeness (QED) is 0.359. The average Bonchev–Trinajstić information content (AvgIpc) is 3.30. The Labute approximate surface area is 216 Å². The van der Waals surface area contributed by atoms with E-state index < -0.39 is 47.4 Å². The summed E-state index contributed by atoms with van der Waals surface area (Å²) < 4.78 is 41.6. The van der Waals surface area contributed by atoms with Crippen LogP contribution in [0.1, 0.15) is 19.4 Å². The lowest BCUT2D eigenvalue weighted by atomic mass is 9.81. The molecule has 2 fully saturated rings. The number of aliphatic carboxylic acids is 1. The van der Waals surface area contributed by atoms with E-state index in [4.69, 9.17) is 19.4 Å². The Hall–Kier alpha value is -3.52. The Balaban J connectivity index is 0.000000638. The molecule has 210 valence electrons. The highest BCUT2D eigenvalue weighted by Crippen LogP contribution is 2.44. The number of nitrogens with one attached hydrogen (secondary N) is 1. The van der Waals surface area contributed by atoms with Crippen molar-refractivity contribution in [2.45, 2.75) is 38.1 Å². The molecule has 0 saturated carbocycles. The van der Waals surface area contributed by atoms with Gasteiger partial charge in [-0.15, -0.1) is 0 Å². The van der Waals surface area contributed by atoms with Crippen LogP contribution in [0.25, 0.3) is 0 Å². The van der Waals surface area contributed by atoms with E-state index in [1.54, 1.807) is 11.8 Å². The first-order valence-electron chi connectivity index (χ1n) is 11.5. The zero-order valence-electron chi connectivity index (χ0n) is 21.3.